The van der Waals surface area contributed by atoms with Gasteiger partial charge in [0.1, 0.15) is 0 Å². The molecule has 0 aliphatic carbocycles. The molecule has 1 aromatic rings. The Morgan fingerprint density at radius 1 is 0.842 bits per heavy atom. The fourth-order valence-corrected chi connectivity index (χ4v) is 2.29. The maximum absolute atomic E-state index is 9.00. The second-order valence-corrected chi connectivity index (χ2v) is 5.40. The Kier molecular flexibility index (Phi) is 8.52. The van der Waals surface area contributed by atoms with Gasteiger partial charge < -0.3 is 10.2 Å². The second-order valence-electron chi connectivity index (χ2n) is 5.40. The average Bonchev–Trinajstić information content (AvgIpc) is 2.45. The van der Waals surface area contributed by atoms with E-state index in [-0.39, 0.29) is 19.1 Å². The molecule has 0 aliphatic heterocycles. The molecule has 2 N–H and O–H groups in total. The van der Waals surface area contributed by atoms with Crippen LogP contribution in [0, 0.1) is 5.92 Å². The molecule has 0 spiro atoms. The van der Waals surface area contributed by atoms with Crippen LogP contribution >= 0.6 is 0 Å². The highest BCUT2D eigenvalue weighted by molar-refractivity contribution is 5.22. The first kappa shape index (κ1) is 16.2. The smallest absolute Gasteiger partial charge is 0.0481 e. The molecule has 0 aromatic heterocycles. The van der Waals surface area contributed by atoms with Crippen molar-refractivity contribution in [3.8, 4) is 0 Å². The molecular formula is C17H28O2. The summed E-state index contributed by atoms with van der Waals surface area (Å²) in [6, 6.07) is 8.91. The van der Waals surface area contributed by atoms with E-state index in [0.29, 0.717) is 0 Å². The minimum atomic E-state index is 0.0494. The van der Waals surface area contributed by atoms with Crippen LogP contribution in [0.5, 0.6) is 0 Å². The van der Waals surface area contributed by atoms with Gasteiger partial charge in [0.25, 0.3) is 0 Å². The minimum Gasteiger partial charge on any atom is -0.396 e. The molecule has 108 valence electrons. The summed E-state index contributed by atoms with van der Waals surface area (Å²) < 4.78 is 0. The van der Waals surface area contributed by atoms with Gasteiger partial charge in [-0.3, -0.25) is 0 Å². The van der Waals surface area contributed by atoms with Gasteiger partial charge in [0.2, 0.25) is 0 Å². The number of aliphatic hydroxyl groups is 2. The molecule has 0 saturated carbocycles. The summed E-state index contributed by atoms with van der Waals surface area (Å²) in [5.74, 6) is 0.0494. The number of aliphatic hydroxyl groups excluding tert-OH is 2. The summed E-state index contributed by atoms with van der Waals surface area (Å²) in [5.41, 5.74) is 2.79. The molecule has 1 aromatic carbocycles. The van der Waals surface area contributed by atoms with Crippen molar-refractivity contribution in [3.63, 3.8) is 0 Å². The molecule has 0 amide bonds. The summed E-state index contributed by atoms with van der Waals surface area (Å²) in [5, 5.41) is 18.0. The Morgan fingerprint density at radius 2 is 1.37 bits per heavy atom. The van der Waals surface area contributed by atoms with Crippen molar-refractivity contribution in [2.75, 3.05) is 13.2 Å². The maximum Gasteiger partial charge on any atom is 0.0481 e. The highest BCUT2D eigenvalue weighted by Gasteiger charge is 2.05. The predicted octanol–water partition coefficient (Wildman–Crippen LogP) is 3.34. The molecule has 0 fully saturated rings. The average molecular weight is 264 g/mol. The third kappa shape index (κ3) is 6.74. The minimum absolute atomic E-state index is 0.0494. The van der Waals surface area contributed by atoms with Crippen molar-refractivity contribution in [2.45, 2.75) is 51.9 Å². The number of aryl methyl sites for hydroxylation is 2. The molecule has 0 radical (unpaired) electrons. The first-order valence-electron chi connectivity index (χ1n) is 7.59. The Hall–Kier alpha value is -0.860. The van der Waals surface area contributed by atoms with Crippen LogP contribution in [-0.4, -0.2) is 23.4 Å². The van der Waals surface area contributed by atoms with Gasteiger partial charge in [-0.25, -0.2) is 0 Å². The Morgan fingerprint density at radius 3 is 1.84 bits per heavy atom. The van der Waals surface area contributed by atoms with Crippen LogP contribution in [0.25, 0.3) is 0 Å². The lowest BCUT2D eigenvalue weighted by molar-refractivity contribution is 0.142. The van der Waals surface area contributed by atoms with Crippen LogP contribution < -0.4 is 0 Å². The van der Waals surface area contributed by atoms with Crippen LogP contribution in [0.4, 0.5) is 0 Å². The van der Waals surface area contributed by atoms with Gasteiger partial charge in [0, 0.05) is 19.1 Å². The Bertz CT molecular complexity index is 315. The van der Waals surface area contributed by atoms with E-state index in [1.807, 2.05) is 0 Å². The number of hydrogen-bond acceptors (Lipinski definition) is 2. The van der Waals surface area contributed by atoms with Crippen molar-refractivity contribution in [3.05, 3.63) is 35.4 Å². The van der Waals surface area contributed by atoms with Crippen LogP contribution in [-0.2, 0) is 12.8 Å². The highest BCUT2D eigenvalue weighted by Crippen LogP contribution is 2.13. The molecule has 2 nitrogen and oxygen atoms in total. The monoisotopic (exact) mass is 264 g/mol. The lowest BCUT2D eigenvalue weighted by atomic mass is 9.99. The largest absolute Gasteiger partial charge is 0.396 e. The number of benzene rings is 1. The first-order valence-corrected chi connectivity index (χ1v) is 7.59. The number of unbranched alkanes of at least 4 members (excludes halogenated alkanes) is 2. The lowest BCUT2D eigenvalue weighted by Gasteiger charge is -2.10. The van der Waals surface area contributed by atoms with Gasteiger partial charge in [0.15, 0.2) is 0 Å². The van der Waals surface area contributed by atoms with E-state index in [4.69, 9.17) is 10.2 Å². The number of rotatable bonds is 10. The molecule has 0 aliphatic rings. The van der Waals surface area contributed by atoms with Crippen LogP contribution in [0.3, 0.4) is 0 Å². The summed E-state index contributed by atoms with van der Waals surface area (Å²) in [6.07, 6.45) is 8.01. The SMILES string of the molecule is CCCCCc1ccc(CCCC(CO)CO)cc1. The molecule has 0 heterocycles. The van der Waals surface area contributed by atoms with E-state index < -0.39 is 0 Å². The summed E-state index contributed by atoms with van der Waals surface area (Å²) in [7, 11) is 0. The Balaban J connectivity index is 2.27. The molecule has 0 atom stereocenters. The van der Waals surface area contributed by atoms with E-state index in [1.54, 1.807) is 0 Å². The van der Waals surface area contributed by atoms with E-state index >= 15 is 0 Å². The third-order valence-corrected chi connectivity index (χ3v) is 3.69. The molecule has 0 unspecified atom stereocenters. The van der Waals surface area contributed by atoms with E-state index in [1.165, 1.54) is 36.8 Å². The van der Waals surface area contributed by atoms with Crippen molar-refractivity contribution in [2.24, 2.45) is 5.92 Å². The van der Waals surface area contributed by atoms with Gasteiger partial charge in [0.05, 0.1) is 0 Å². The first-order chi connectivity index (χ1) is 9.30. The quantitative estimate of drug-likeness (QED) is 0.636. The topological polar surface area (TPSA) is 40.5 Å². The number of hydrogen-bond donors (Lipinski definition) is 2. The van der Waals surface area contributed by atoms with Crippen LogP contribution in [0.1, 0.15) is 50.2 Å². The van der Waals surface area contributed by atoms with Crippen molar-refractivity contribution >= 4 is 0 Å². The van der Waals surface area contributed by atoms with Crippen LogP contribution in [0.2, 0.25) is 0 Å². The predicted molar refractivity (Wildman–Crippen MR) is 80.3 cm³/mol. The zero-order valence-electron chi connectivity index (χ0n) is 12.1. The molecule has 0 bridgehead atoms. The van der Waals surface area contributed by atoms with Gasteiger partial charge in [-0.2, -0.15) is 0 Å². The lowest BCUT2D eigenvalue weighted by Crippen LogP contribution is -2.10. The fourth-order valence-electron chi connectivity index (χ4n) is 2.29. The Labute approximate surface area is 117 Å². The fraction of sp³-hybridized carbons (Fsp3) is 0.647. The molecule has 1 rings (SSSR count). The third-order valence-electron chi connectivity index (χ3n) is 3.69. The molecule has 0 saturated heterocycles. The van der Waals surface area contributed by atoms with Gasteiger partial charge in [-0.05, 0) is 43.2 Å². The van der Waals surface area contributed by atoms with Gasteiger partial charge in [-0.15, -0.1) is 0 Å². The molecule has 19 heavy (non-hydrogen) atoms. The molecular weight excluding hydrogens is 236 g/mol. The van der Waals surface area contributed by atoms with Crippen molar-refractivity contribution in [1.82, 2.24) is 0 Å². The van der Waals surface area contributed by atoms with Gasteiger partial charge in [-0.1, -0.05) is 44.0 Å². The van der Waals surface area contributed by atoms with Gasteiger partial charge >= 0.3 is 0 Å². The summed E-state index contributed by atoms with van der Waals surface area (Å²) >= 11 is 0. The standard InChI is InChI=1S/C17H28O2/c1-2-3-4-6-15-9-11-16(12-10-15)7-5-8-17(13-18)14-19/h9-12,17-19H,2-8,13-14H2,1H3. The maximum atomic E-state index is 9.00. The zero-order valence-corrected chi connectivity index (χ0v) is 12.1. The summed E-state index contributed by atoms with van der Waals surface area (Å²) in [4.78, 5) is 0. The van der Waals surface area contributed by atoms with E-state index in [9.17, 15) is 0 Å². The second kappa shape index (κ2) is 9.99. The highest BCUT2D eigenvalue weighted by atomic mass is 16.3. The zero-order chi connectivity index (χ0) is 13.9. The summed E-state index contributed by atoms with van der Waals surface area (Å²) in [6.45, 7) is 2.41. The van der Waals surface area contributed by atoms with E-state index in [2.05, 4.69) is 31.2 Å². The van der Waals surface area contributed by atoms with Crippen molar-refractivity contribution < 1.29 is 10.2 Å². The normalized spacial score (nSPS) is 11.2. The van der Waals surface area contributed by atoms with E-state index in [0.717, 1.165) is 19.3 Å². The van der Waals surface area contributed by atoms with Crippen LogP contribution in [0.15, 0.2) is 24.3 Å². The van der Waals surface area contributed by atoms with Crippen molar-refractivity contribution in [1.29, 1.82) is 0 Å². The molecule has 2 heteroatoms.